The Morgan fingerprint density at radius 1 is 1.14 bits per heavy atom. The molecule has 1 aliphatic rings. The fourth-order valence-corrected chi connectivity index (χ4v) is 4.03. The van der Waals surface area contributed by atoms with E-state index in [0.29, 0.717) is 12.2 Å². The molecule has 1 atom stereocenters. The second-order valence-corrected chi connectivity index (χ2v) is 7.33. The van der Waals surface area contributed by atoms with Crippen LogP contribution in [0, 0.1) is 10.1 Å². The summed E-state index contributed by atoms with van der Waals surface area (Å²) in [4.78, 5) is 24.7. The monoisotopic (exact) mass is 392 g/mol. The van der Waals surface area contributed by atoms with Crippen molar-refractivity contribution in [3.05, 3.63) is 87.3 Å². The minimum Gasteiger partial charge on any atom is -0.491 e. The first-order chi connectivity index (χ1) is 13.6. The molecular weight excluding hydrogens is 376 g/mol. The van der Waals surface area contributed by atoms with Crippen molar-refractivity contribution in [1.29, 1.82) is 0 Å². The van der Waals surface area contributed by atoms with E-state index in [2.05, 4.69) is 5.32 Å². The summed E-state index contributed by atoms with van der Waals surface area (Å²) in [5, 5.41) is 14.1. The SMILES string of the molecule is O=C(/C=C/c1ccc(-c2ccccc2[N+](=O)[O-])s1)NC1COc2ccccc21. The Bertz CT molecular complexity index is 1070. The number of nitro groups is 1. The molecule has 3 aromatic rings. The molecule has 1 amide bonds. The van der Waals surface area contributed by atoms with Crippen molar-refractivity contribution in [2.75, 3.05) is 6.61 Å². The smallest absolute Gasteiger partial charge is 0.278 e. The fraction of sp³-hybridized carbons (Fsp3) is 0.0952. The van der Waals surface area contributed by atoms with E-state index in [9.17, 15) is 14.9 Å². The predicted molar refractivity (Wildman–Crippen MR) is 108 cm³/mol. The summed E-state index contributed by atoms with van der Waals surface area (Å²) in [5.41, 5.74) is 1.61. The van der Waals surface area contributed by atoms with Gasteiger partial charge in [-0.2, -0.15) is 0 Å². The largest absolute Gasteiger partial charge is 0.491 e. The Morgan fingerprint density at radius 3 is 2.79 bits per heavy atom. The van der Waals surface area contributed by atoms with Crippen LogP contribution in [0.2, 0.25) is 0 Å². The van der Waals surface area contributed by atoms with E-state index >= 15 is 0 Å². The van der Waals surface area contributed by atoms with Crippen LogP contribution in [0.5, 0.6) is 5.75 Å². The average Bonchev–Trinajstić information content (AvgIpc) is 3.34. The highest BCUT2D eigenvalue weighted by atomic mass is 32.1. The predicted octanol–water partition coefficient (Wildman–Crippen LogP) is 4.59. The molecule has 1 N–H and O–H groups in total. The normalized spacial score (nSPS) is 15.2. The maximum atomic E-state index is 12.3. The summed E-state index contributed by atoms with van der Waals surface area (Å²) in [6, 6.07) is 17.8. The van der Waals surface area contributed by atoms with E-state index in [4.69, 9.17) is 4.74 Å². The number of nitrogens with zero attached hydrogens (tertiary/aromatic N) is 1. The first kappa shape index (κ1) is 17.9. The molecule has 2 heterocycles. The van der Waals surface area contributed by atoms with Gasteiger partial charge < -0.3 is 10.1 Å². The quantitative estimate of drug-likeness (QED) is 0.391. The molecule has 0 spiro atoms. The van der Waals surface area contributed by atoms with Gasteiger partial charge in [0.1, 0.15) is 12.4 Å². The zero-order valence-electron chi connectivity index (χ0n) is 14.7. The zero-order chi connectivity index (χ0) is 19.5. The highest BCUT2D eigenvalue weighted by Gasteiger charge is 2.24. The first-order valence-corrected chi connectivity index (χ1v) is 9.47. The molecular formula is C21H16N2O4S. The number of hydrogen-bond donors (Lipinski definition) is 1. The highest BCUT2D eigenvalue weighted by Crippen LogP contribution is 2.35. The number of nitro benzene ring substituents is 1. The third kappa shape index (κ3) is 3.65. The summed E-state index contributed by atoms with van der Waals surface area (Å²) in [5.74, 6) is 0.579. The van der Waals surface area contributed by atoms with Gasteiger partial charge in [0.25, 0.3) is 5.69 Å². The lowest BCUT2D eigenvalue weighted by Crippen LogP contribution is -2.27. The standard InChI is InChI=1S/C21H16N2O4S/c24-21(22-17-13-27-19-8-4-2-5-15(17)19)12-10-14-9-11-20(28-14)16-6-1-3-7-18(16)23(25)26/h1-12,17H,13H2,(H,22,24)/b12-10+. The van der Waals surface area contributed by atoms with Crippen molar-refractivity contribution in [1.82, 2.24) is 5.32 Å². The molecule has 0 saturated carbocycles. The van der Waals surface area contributed by atoms with E-state index in [1.807, 2.05) is 36.4 Å². The number of nitrogens with one attached hydrogen (secondary N) is 1. The van der Waals surface area contributed by atoms with Gasteiger partial charge in [-0.3, -0.25) is 14.9 Å². The molecule has 0 saturated heterocycles. The molecule has 4 rings (SSSR count). The minimum atomic E-state index is -0.389. The zero-order valence-corrected chi connectivity index (χ0v) is 15.5. The maximum Gasteiger partial charge on any atom is 0.278 e. The molecule has 28 heavy (non-hydrogen) atoms. The lowest BCUT2D eigenvalue weighted by atomic mass is 10.1. The number of fused-ring (bicyclic) bond motifs is 1. The number of hydrogen-bond acceptors (Lipinski definition) is 5. The van der Waals surface area contributed by atoms with Gasteiger partial charge in [-0.05, 0) is 30.3 Å². The number of amides is 1. The highest BCUT2D eigenvalue weighted by molar-refractivity contribution is 7.16. The number of thiophene rings is 1. The molecule has 1 aliphatic heterocycles. The Balaban J connectivity index is 1.45. The third-order valence-electron chi connectivity index (χ3n) is 4.41. The van der Waals surface area contributed by atoms with Crippen LogP contribution >= 0.6 is 11.3 Å². The summed E-state index contributed by atoms with van der Waals surface area (Å²) >= 11 is 1.39. The van der Waals surface area contributed by atoms with Crippen LogP contribution in [-0.4, -0.2) is 17.4 Å². The number of carbonyl (C=O) groups is 1. The molecule has 2 aromatic carbocycles. The number of rotatable bonds is 5. The van der Waals surface area contributed by atoms with Gasteiger partial charge in [0, 0.05) is 27.5 Å². The van der Waals surface area contributed by atoms with E-state index in [0.717, 1.165) is 21.1 Å². The molecule has 0 radical (unpaired) electrons. The molecule has 6 nitrogen and oxygen atoms in total. The van der Waals surface area contributed by atoms with Gasteiger partial charge in [0.2, 0.25) is 5.91 Å². The van der Waals surface area contributed by atoms with Crippen LogP contribution in [0.25, 0.3) is 16.5 Å². The average molecular weight is 392 g/mol. The lowest BCUT2D eigenvalue weighted by Gasteiger charge is -2.09. The van der Waals surface area contributed by atoms with Gasteiger partial charge >= 0.3 is 0 Å². The van der Waals surface area contributed by atoms with Crippen LogP contribution in [0.3, 0.4) is 0 Å². The molecule has 140 valence electrons. The molecule has 0 bridgehead atoms. The minimum absolute atomic E-state index is 0.0671. The van der Waals surface area contributed by atoms with Crippen molar-refractivity contribution in [3.8, 4) is 16.2 Å². The summed E-state index contributed by atoms with van der Waals surface area (Å²) in [6.45, 7) is 0.416. The lowest BCUT2D eigenvalue weighted by molar-refractivity contribution is -0.384. The summed E-state index contributed by atoms with van der Waals surface area (Å²) < 4.78 is 5.57. The maximum absolute atomic E-state index is 12.3. The molecule has 0 fully saturated rings. The topological polar surface area (TPSA) is 81.5 Å². The third-order valence-corrected chi connectivity index (χ3v) is 5.49. The van der Waals surface area contributed by atoms with E-state index in [-0.39, 0.29) is 22.6 Å². The molecule has 1 unspecified atom stereocenters. The molecule has 0 aliphatic carbocycles. The van der Waals surface area contributed by atoms with Crippen LogP contribution in [0.1, 0.15) is 16.5 Å². The van der Waals surface area contributed by atoms with Crippen molar-refractivity contribution in [2.24, 2.45) is 0 Å². The van der Waals surface area contributed by atoms with E-state index < -0.39 is 0 Å². The van der Waals surface area contributed by atoms with E-state index in [1.54, 1.807) is 24.3 Å². The van der Waals surface area contributed by atoms with Crippen LogP contribution in [0.4, 0.5) is 5.69 Å². The van der Waals surface area contributed by atoms with Gasteiger partial charge in [-0.25, -0.2) is 0 Å². The summed E-state index contributed by atoms with van der Waals surface area (Å²) in [6.07, 6.45) is 3.18. The Kier molecular flexibility index (Phi) is 4.90. The van der Waals surface area contributed by atoms with Gasteiger partial charge in [-0.1, -0.05) is 30.3 Å². The van der Waals surface area contributed by atoms with E-state index in [1.165, 1.54) is 23.5 Å². The number of para-hydroxylation sites is 2. The van der Waals surface area contributed by atoms with Crippen molar-refractivity contribution in [3.63, 3.8) is 0 Å². The number of benzene rings is 2. The Morgan fingerprint density at radius 2 is 1.93 bits per heavy atom. The van der Waals surface area contributed by atoms with Crippen LogP contribution in [-0.2, 0) is 4.79 Å². The fourth-order valence-electron chi connectivity index (χ4n) is 3.09. The number of ether oxygens (including phenoxy) is 1. The second kappa shape index (κ2) is 7.66. The van der Waals surface area contributed by atoms with Crippen LogP contribution < -0.4 is 10.1 Å². The van der Waals surface area contributed by atoms with Crippen molar-refractivity contribution >= 4 is 29.0 Å². The summed E-state index contributed by atoms with van der Waals surface area (Å²) in [7, 11) is 0. The number of carbonyl (C=O) groups excluding carboxylic acids is 1. The van der Waals surface area contributed by atoms with Gasteiger partial charge in [-0.15, -0.1) is 11.3 Å². The second-order valence-electron chi connectivity index (χ2n) is 6.22. The Hall–Kier alpha value is -3.45. The van der Waals surface area contributed by atoms with Crippen molar-refractivity contribution < 1.29 is 14.5 Å². The van der Waals surface area contributed by atoms with Gasteiger partial charge in [0.15, 0.2) is 0 Å². The Labute approximate surface area is 165 Å². The van der Waals surface area contributed by atoms with Crippen molar-refractivity contribution in [2.45, 2.75) is 6.04 Å². The van der Waals surface area contributed by atoms with Crippen LogP contribution in [0.15, 0.2) is 66.7 Å². The first-order valence-electron chi connectivity index (χ1n) is 8.66. The van der Waals surface area contributed by atoms with Gasteiger partial charge in [0.05, 0.1) is 16.5 Å². The molecule has 7 heteroatoms. The molecule has 1 aromatic heterocycles.